The van der Waals surface area contributed by atoms with Gasteiger partial charge in [-0.3, -0.25) is 0 Å². The minimum Gasteiger partial charge on any atom is -0.382 e. The summed E-state index contributed by atoms with van der Waals surface area (Å²) >= 11 is 7.08. The summed E-state index contributed by atoms with van der Waals surface area (Å²) in [6.45, 7) is 4.76. The van der Waals surface area contributed by atoms with Crippen molar-refractivity contribution in [1.29, 1.82) is 0 Å². The van der Waals surface area contributed by atoms with Crippen LogP contribution in [-0.2, 0) is 9.47 Å². The molecule has 0 aromatic heterocycles. The highest BCUT2D eigenvalue weighted by atomic mass is 79.9. The minimum atomic E-state index is 0.633. The molecule has 0 heterocycles. The van der Waals surface area contributed by atoms with Gasteiger partial charge in [0, 0.05) is 22.6 Å². The van der Waals surface area contributed by atoms with Crippen molar-refractivity contribution in [3.05, 3.63) is 26.6 Å². The summed E-state index contributed by atoms with van der Waals surface area (Å²) in [5.74, 6) is 0. The Balaban J connectivity index is 2.36. The molecule has 0 aliphatic heterocycles. The first-order valence-corrected chi connectivity index (χ1v) is 7.00. The van der Waals surface area contributed by atoms with Gasteiger partial charge in [0.1, 0.15) is 0 Å². The van der Waals surface area contributed by atoms with Crippen molar-refractivity contribution in [1.82, 2.24) is 0 Å². The number of nitrogens with one attached hydrogen (secondary N) is 1. The zero-order valence-corrected chi connectivity index (χ0v) is 13.2. The molecule has 1 aromatic rings. The maximum atomic E-state index is 5.38. The van der Waals surface area contributed by atoms with Crippen LogP contribution in [0.15, 0.2) is 21.1 Å². The van der Waals surface area contributed by atoms with E-state index < -0.39 is 0 Å². The molecular formula is C12H17Br2NO2. The van der Waals surface area contributed by atoms with E-state index in [1.807, 2.05) is 0 Å². The summed E-state index contributed by atoms with van der Waals surface area (Å²) in [5, 5.41) is 3.33. The Hall–Kier alpha value is -0.100. The molecule has 17 heavy (non-hydrogen) atoms. The zero-order valence-electron chi connectivity index (χ0n) is 10.1. The summed E-state index contributed by atoms with van der Waals surface area (Å²) in [6.07, 6.45) is 0. The second kappa shape index (κ2) is 8.08. The summed E-state index contributed by atoms with van der Waals surface area (Å²) in [4.78, 5) is 0. The fraction of sp³-hybridized carbons (Fsp3) is 0.500. The number of ether oxygens (including phenoxy) is 2. The maximum Gasteiger partial charge on any atom is 0.0701 e. The largest absolute Gasteiger partial charge is 0.382 e. The van der Waals surface area contributed by atoms with Crippen molar-refractivity contribution in [3.63, 3.8) is 0 Å². The SMILES string of the molecule is COCCOCCNc1c(Br)cc(C)cc1Br. The van der Waals surface area contributed by atoms with E-state index in [1.165, 1.54) is 5.56 Å². The van der Waals surface area contributed by atoms with Gasteiger partial charge in [0.25, 0.3) is 0 Å². The van der Waals surface area contributed by atoms with E-state index >= 15 is 0 Å². The lowest BCUT2D eigenvalue weighted by molar-refractivity contribution is 0.0759. The van der Waals surface area contributed by atoms with Gasteiger partial charge in [0.05, 0.1) is 25.5 Å². The van der Waals surface area contributed by atoms with Gasteiger partial charge in [-0.1, -0.05) is 0 Å². The van der Waals surface area contributed by atoms with Gasteiger partial charge in [0.15, 0.2) is 0 Å². The predicted molar refractivity (Wildman–Crippen MR) is 77.8 cm³/mol. The molecule has 1 N–H and O–H groups in total. The fourth-order valence-corrected chi connectivity index (χ4v) is 3.06. The van der Waals surface area contributed by atoms with Crippen LogP contribution in [0, 0.1) is 6.92 Å². The molecule has 96 valence electrons. The highest BCUT2D eigenvalue weighted by Crippen LogP contribution is 2.31. The third-order valence-electron chi connectivity index (χ3n) is 2.17. The maximum absolute atomic E-state index is 5.38. The van der Waals surface area contributed by atoms with E-state index in [0.717, 1.165) is 21.2 Å². The van der Waals surface area contributed by atoms with E-state index in [-0.39, 0.29) is 0 Å². The first-order valence-electron chi connectivity index (χ1n) is 5.41. The fourth-order valence-electron chi connectivity index (χ4n) is 1.36. The number of hydrogen-bond donors (Lipinski definition) is 1. The van der Waals surface area contributed by atoms with Gasteiger partial charge < -0.3 is 14.8 Å². The molecule has 3 nitrogen and oxygen atoms in total. The lowest BCUT2D eigenvalue weighted by Crippen LogP contribution is -2.12. The molecule has 0 saturated carbocycles. The lowest BCUT2D eigenvalue weighted by atomic mass is 10.2. The Morgan fingerprint density at radius 3 is 2.35 bits per heavy atom. The quantitative estimate of drug-likeness (QED) is 0.748. The van der Waals surface area contributed by atoms with Crippen molar-refractivity contribution in [2.45, 2.75) is 6.92 Å². The van der Waals surface area contributed by atoms with Crippen molar-refractivity contribution in [3.8, 4) is 0 Å². The van der Waals surface area contributed by atoms with Gasteiger partial charge in [0.2, 0.25) is 0 Å². The third kappa shape index (κ3) is 5.38. The summed E-state index contributed by atoms with van der Waals surface area (Å²) in [5.41, 5.74) is 2.27. The molecular weight excluding hydrogens is 350 g/mol. The second-order valence-electron chi connectivity index (χ2n) is 3.64. The van der Waals surface area contributed by atoms with Crippen LogP contribution in [0.2, 0.25) is 0 Å². The average molecular weight is 367 g/mol. The standard InChI is InChI=1S/C12H17Br2NO2/c1-9-7-10(13)12(11(14)8-9)15-3-4-17-6-5-16-2/h7-8,15H,3-6H2,1-2H3. The number of methoxy groups -OCH3 is 1. The summed E-state index contributed by atoms with van der Waals surface area (Å²) < 4.78 is 12.4. The molecule has 0 bridgehead atoms. The molecule has 0 spiro atoms. The molecule has 1 aromatic carbocycles. The molecule has 5 heteroatoms. The monoisotopic (exact) mass is 365 g/mol. The highest BCUT2D eigenvalue weighted by Gasteiger charge is 2.05. The molecule has 0 aliphatic carbocycles. The normalized spacial score (nSPS) is 10.6. The molecule has 1 rings (SSSR count). The Bertz CT molecular complexity index is 335. The highest BCUT2D eigenvalue weighted by molar-refractivity contribution is 9.11. The zero-order chi connectivity index (χ0) is 12.7. The molecule has 0 fully saturated rings. The number of rotatable bonds is 7. The number of benzene rings is 1. The summed E-state index contributed by atoms with van der Waals surface area (Å²) in [6, 6.07) is 4.16. The van der Waals surface area contributed by atoms with Crippen LogP contribution >= 0.6 is 31.9 Å². The Morgan fingerprint density at radius 2 is 1.76 bits per heavy atom. The lowest BCUT2D eigenvalue weighted by Gasteiger charge is -2.12. The molecule has 0 unspecified atom stereocenters. The van der Waals surface area contributed by atoms with E-state index in [2.05, 4.69) is 56.2 Å². The molecule has 0 aliphatic rings. The Morgan fingerprint density at radius 1 is 1.12 bits per heavy atom. The van der Waals surface area contributed by atoms with Gasteiger partial charge >= 0.3 is 0 Å². The average Bonchev–Trinajstić information content (AvgIpc) is 2.26. The van der Waals surface area contributed by atoms with Crippen LogP contribution in [0.1, 0.15) is 5.56 Å². The molecule has 0 amide bonds. The van der Waals surface area contributed by atoms with E-state index in [4.69, 9.17) is 9.47 Å². The van der Waals surface area contributed by atoms with Crippen LogP contribution in [0.4, 0.5) is 5.69 Å². The number of halogens is 2. The van der Waals surface area contributed by atoms with Gasteiger partial charge in [-0.15, -0.1) is 0 Å². The van der Waals surface area contributed by atoms with Gasteiger partial charge in [-0.25, -0.2) is 0 Å². The van der Waals surface area contributed by atoms with Crippen LogP contribution in [0.5, 0.6) is 0 Å². The van der Waals surface area contributed by atoms with Gasteiger partial charge in [-0.05, 0) is 56.5 Å². The number of hydrogen-bond acceptors (Lipinski definition) is 3. The van der Waals surface area contributed by atoms with Gasteiger partial charge in [-0.2, -0.15) is 0 Å². The van der Waals surface area contributed by atoms with Crippen LogP contribution in [0.25, 0.3) is 0 Å². The third-order valence-corrected chi connectivity index (χ3v) is 3.42. The minimum absolute atomic E-state index is 0.633. The van der Waals surface area contributed by atoms with Crippen LogP contribution in [-0.4, -0.2) is 33.5 Å². The van der Waals surface area contributed by atoms with E-state index in [0.29, 0.717) is 19.8 Å². The summed E-state index contributed by atoms with van der Waals surface area (Å²) in [7, 11) is 1.67. The molecule has 0 radical (unpaired) electrons. The molecule has 0 atom stereocenters. The van der Waals surface area contributed by atoms with Crippen molar-refractivity contribution in [2.75, 3.05) is 38.8 Å². The Kier molecular flexibility index (Phi) is 7.11. The second-order valence-corrected chi connectivity index (χ2v) is 5.34. The van der Waals surface area contributed by atoms with Crippen LogP contribution < -0.4 is 5.32 Å². The number of anilines is 1. The Labute approximate surface area is 119 Å². The van der Waals surface area contributed by atoms with Crippen molar-refractivity contribution >= 4 is 37.5 Å². The van der Waals surface area contributed by atoms with Crippen molar-refractivity contribution < 1.29 is 9.47 Å². The van der Waals surface area contributed by atoms with Crippen LogP contribution in [0.3, 0.4) is 0 Å². The molecule has 0 saturated heterocycles. The van der Waals surface area contributed by atoms with E-state index in [9.17, 15) is 0 Å². The predicted octanol–water partition coefficient (Wildman–Crippen LogP) is 3.59. The number of aryl methyl sites for hydroxylation is 1. The van der Waals surface area contributed by atoms with E-state index in [1.54, 1.807) is 7.11 Å². The van der Waals surface area contributed by atoms with Crippen molar-refractivity contribution in [2.24, 2.45) is 0 Å². The first-order chi connectivity index (χ1) is 8.15. The smallest absolute Gasteiger partial charge is 0.0701 e. The first kappa shape index (κ1) is 15.0. The topological polar surface area (TPSA) is 30.5 Å².